The van der Waals surface area contributed by atoms with Gasteiger partial charge in [0.15, 0.2) is 0 Å². The first-order valence-electron chi connectivity index (χ1n) is 8.65. The van der Waals surface area contributed by atoms with Crippen molar-refractivity contribution in [2.45, 2.75) is 11.6 Å². The van der Waals surface area contributed by atoms with Crippen LogP contribution in [0.5, 0.6) is 0 Å². The Morgan fingerprint density at radius 1 is 1.07 bits per heavy atom. The number of aromatic nitrogens is 4. The Bertz CT molecular complexity index is 1170. The molecule has 0 radical (unpaired) electrons. The van der Waals surface area contributed by atoms with E-state index in [1.165, 1.54) is 11.3 Å². The van der Waals surface area contributed by atoms with Crippen molar-refractivity contribution in [1.29, 1.82) is 0 Å². The van der Waals surface area contributed by atoms with Gasteiger partial charge in [-0.25, -0.2) is 0 Å². The van der Waals surface area contributed by atoms with Gasteiger partial charge in [-0.15, -0.1) is 20.4 Å². The molecule has 4 rings (SSSR count). The van der Waals surface area contributed by atoms with E-state index in [-0.39, 0.29) is 22.8 Å². The fourth-order valence-corrected chi connectivity index (χ4v) is 4.31. The lowest BCUT2D eigenvalue weighted by molar-refractivity contribution is -0.113. The van der Waals surface area contributed by atoms with Gasteiger partial charge >= 0.3 is 0 Å². The molecule has 152 valence electrons. The fraction of sp³-hybridized carbons (Fsp3) is 0.105. The average Bonchev–Trinajstić information content (AvgIpc) is 3.37. The number of nitrogens with zero attached hydrogens (tertiary/aromatic N) is 4. The Kier molecular flexibility index (Phi) is 6.63. The molecule has 0 spiro atoms. The van der Waals surface area contributed by atoms with Gasteiger partial charge in [0.2, 0.25) is 16.9 Å². The first-order valence-corrected chi connectivity index (χ1v) is 11.2. The lowest BCUT2D eigenvalue weighted by Crippen LogP contribution is -2.13. The standard InChI is InChI=1S/C19H13Cl2N5O2S2/c20-12-6-7-13(14(21)9-12)17-24-26-19(28-17)29-10-15(27)22-18-25-23-16(30-18)8-11-4-2-1-3-5-11/h1-7,9H,8,10H2,(H,22,25,27). The lowest BCUT2D eigenvalue weighted by atomic mass is 10.2. The summed E-state index contributed by atoms with van der Waals surface area (Å²) in [4.78, 5) is 12.2. The molecule has 11 heteroatoms. The van der Waals surface area contributed by atoms with Gasteiger partial charge in [-0.3, -0.25) is 10.1 Å². The fourth-order valence-electron chi connectivity index (χ4n) is 2.47. The summed E-state index contributed by atoms with van der Waals surface area (Å²) >= 11 is 14.5. The number of anilines is 1. The quantitative estimate of drug-likeness (QED) is 0.364. The van der Waals surface area contributed by atoms with Gasteiger partial charge in [0.1, 0.15) is 5.01 Å². The van der Waals surface area contributed by atoms with E-state index >= 15 is 0 Å². The van der Waals surface area contributed by atoms with Gasteiger partial charge in [-0.2, -0.15) is 0 Å². The van der Waals surface area contributed by atoms with Crippen LogP contribution in [-0.4, -0.2) is 32.1 Å². The third-order valence-electron chi connectivity index (χ3n) is 3.81. The van der Waals surface area contributed by atoms with Gasteiger partial charge in [0.25, 0.3) is 5.22 Å². The van der Waals surface area contributed by atoms with E-state index in [4.69, 9.17) is 27.6 Å². The molecule has 0 unspecified atom stereocenters. The molecule has 0 bridgehead atoms. The van der Waals surface area contributed by atoms with Crippen LogP contribution in [0.25, 0.3) is 11.5 Å². The largest absolute Gasteiger partial charge is 0.411 e. The van der Waals surface area contributed by atoms with E-state index in [0.717, 1.165) is 22.3 Å². The van der Waals surface area contributed by atoms with Crippen molar-refractivity contribution >= 4 is 57.3 Å². The molecule has 0 aliphatic carbocycles. The van der Waals surface area contributed by atoms with Crippen molar-refractivity contribution < 1.29 is 9.21 Å². The zero-order valence-electron chi connectivity index (χ0n) is 15.2. The van der Waals surface area contributed by atoms with Crippen LogP contribution in [0.3, 0.4) is 0 Å². The summed E-state index contributed by atoms with van der Waals surface area (Å²) in [5.74, 6) is 0.102. The summed E-state index contributed by atoms with van der Waals surface area (Å²) < 4.78 is 5.57. The molecular weight excluding hydrogens is 465 g/mol. The van der Waals surface area contributed by atoms with Crippen molar-refractivity contribution in [3.8, 4) is 11.5 Å². The molecule has 1 amide bonds. The molecule has 1 N–H and O–H groups in total. The zero-order valence-corrected chi connectivity index (χ0v) is 18.4. The third kappa shape index (κ3) is 5.37. The summed E-state index contributed by atoms with van der Waals surface area (Å²) in [6.07, 6.45) is 0.668. The van der Waals surface area contributed by atoms with Crippen LogP contribution in [0.4, 0.5) is 5.13 Å². The molecule has 2 aromatic heterocycles. The number of carbonyl (C=O) groups is 1. The number of rotatable bonds is 7. The highest BCUT2D eigenvalue weighted by atomic mass is 35.5. The number of amides is 1. The zero-order chi connectivity index (χ0) is 20.9. The molecule has 0 aliphatic heterocycles. The summed E-state index contributed by atoms with van der Waals surface area (Å²) in [5, 5.41) is 21.2. The molecule has 0 saturated carbocycles. The first kappa shape index (κ1) is 20.8. The van der Waals surface area contributed by atoms with Crippen LogP contribution in [-0.2, 0) is 11.2 Å². The molecule has 0 fully saturated rings. The molecule has 2 aromatic carbocycles. The Morgan fingerprint density at radius 3 is 2.70 bits per heavy atom. The monoisotopic (exact) mass is 477 g/mol. The van der Waals surface area contributed by atoms with Crippen LogP contribution in [0.1, 0.15) is 10.6 Å². The van der Waals surface area contributed by atoms with E-state index in [1.54, 1.807) is 18.2 Å². The molecule has 0 saturated heterocycles. The highest BCUT2D eigenvalue weighted by Gasteiger charge is 2.15. The molecule has 30 heavy (non-hydrogen) atoms. The topological polar surface area (TPSA) is 93.8 Å². The van der Waals surface area contributed by atoms with E-state index in [9.17, 15) is 4.79 Å². The van der Waals surface area contributed by atoms with Crippen LogP contribution in [0.2, 0.25) is 10.0 Å². The Morgan fingerprint density at radius 2 is 1.90 bits per heavy atom. The third-order valence-corrected chi connectivity index (χ3v) is 6.01. The number of benzene rings is 2. The lowest BCUT2D eigenvalue weighted by Gasteiger charge is -1.99. The minimum absolute atomic E-state index is 0.0869. The maximum atomic E-state index is 12.2. The predicted molar refractivity (Wildman–Crippen MR) is 118 cm³/mol. The number of halogens is 2. The maximum absolute atomic E-state index is 12.2. The van der Waals surface area contributed by atoms with Crippen LogP contribution < -0.4 is 5.32 Å². The van der Waals surface area contributed by atoms with E-state index in [0.29, 0.717) is 27.2 Å². The van der Waals surface area contributed by atoms with Crippen LogP contribution in [0, 0.1) is 0 Å². The smallest absolute Gasteiger partial charge is 0.277 e. The Hall–Kier alpha value is -2.46. The molecule has 4 aromatic rings. The number of carbonyl (C=O) groups excluding carboxylic acids is 1. The maximum Gasteiger partial charge on any atom is 0.277 e. The van der Waals surface area contributed by atoms with Crippen LogP contribution in [0.15, 0.2) is 58.2 Å². The highest BCUT2D eigenvalue weighted by Crippen LogP contribution is 2.31. The minimum atomic E-state index is -0.244. The molecule has 2 heterocycles. The van der Waals surface area contributed by atoms with Crippen molar-refractivity contribution in [3.05, 3.63) is 69.1 Å². The SMILES string of the molecule is O=C(CSc1nnc(-c2ccc(Cl)cc2Cl)o1)Nc1nnc(Cc2ccccc2)s1. The summed E-state index contributed by atoms with van der Waals surface area (Å²) in [7, 11) is 0. The Balaban J connectivity index is 1.31. The first-order chi connectivity index (χ1) is 14.6. The van der Waals surface area contributed by atoms with Crippen molar-refractivity contribution in [1.82, 2.24) is 20.4 Å². The van der Waals surface area contributed by atoms with Crippen LogP contribution >= 0.6 is 46.3 Å². The molecular formula is C19H13Cl2N5O2S2. The number of thioether (sulfide) groups is 1. The van der Waals surface area contributed by atoms with E-state index < -0.39 is 0 Å². The van der Waals surface area contributed by atoms with Gasteiger partial charge in [0, 0.05) is 11.4 Å². The molecule has 0 aliphatic rings. The second-order valence-corrected chi connectivity index (χ2v) is 8.83. The number of hydrogen-bond donors (Lipinski definition) is 1. The van der Waals surface area contributed by atoms with E-state index in [1.807, 2.05) is 30.3 Å². The molecule has 0 atom stereocenters. The summed E-state index contributed by atoms with van der Waals surface area (Å²) in [6, 6.07) is 14.9. The second kappa shape index (κ2) is 9.57. The van der Waals surface area contributed by atoms with Gasteiger partial charge in [-0.05, 0) is 23.8 Å². The number of nitrogens with one attached hydrogen (secondary N) is 1. The van der Waals surface area contributed by atoms with Gasteiger partial charge in [-0.1, -0.05) is 76.6 Å². The summed E-state index contributed by atoms with van der Waals surface area (Å²) in [5.41, 5.74) is 1.71. The summed E-state index contributed by atoms with van der Waals surface area (Å²) in [6.45, 7) is 0. The second-order valence-electron chi connectivity index (χ2n) is 6.00. The normalized spacial score (nSPS) is 10.9. The molecule has 7 nitrogen and oxygen atoms in total. The van der Waals surface area contributed by atoms with Gasteiger partial charge < -0.3 is 4.42 Å². The minimum Gasteiger partial charge on any atom is -0.411 e. The number of hydrogen-bond acceptors (Lipinski definition) is 8. The predicted octanol–water partition coefficient (Wildman–Crippen LogP) is 5.22. The Labute approximate surface area is 189 Å². The highest BCUT2D eigenvalue weighted by molar-refractivity contribution is 7.99. The van der Waals surface area contributed by atoms with Gasteiger partial charge in [0.05, 0.1) is 16.3 Å². The van der Waals surface area contributed by atoms with Crippen molar-refractivity contribution in [2.75, 3.05) is 11.1 Å². The average molecular weight is 478 g/mol. The van der Waals surface area contributed by atoms with Crippen molar-refractivity contribution in [2.24, 2.45) is 0 Å². The van der Waals surface area contributed by atoms with E-state index in [2.05, 4.69) is 25.7 Å². The van der Waals surface area contributed by atoms with Crippen molar-refractivity contribution in [3.63, 3.8) is 0 Å².